The van der Waals surface area contributed by atoms with Gasteiger partial charge in [-0.1, -0.05) is 36.0 Å². The van der Waals surface area contributed by atoms with Crippen LogP contribution in [0.4, 0.5) is 8.78 Å². The van der Waals surface area contributed by atoms with Crippen LogP contribution >= 0.6 is 11.8 Å². The van der Waals surface area contributed by atoms with E-state index in [9.17, 15) is 13.6 Å². The lowest BCUT2D eigenvalue weighted by molar-refractivity contribution is -0.118. The average Bonchev–Trinajstić information content (AvgIpc) is 3.21. The van der Waals surface area contributed by atoms with Gasteiger partial charge >= 0.3 is 6.61 Å². The van der Waals surface area contributed by atoms with Gasteiger partial charge in [-0.05, 0) is 42.7 Å². The summed E-state index contributed by atoms with van der Waals surface area (Å²) in [6, 6.07) is 12.8. The fourth-order valence-electron chi connectivity index (χ4n) is 3.01. The maximum absolute atomic E-state index is 12.5. The molecule has 0 aliphatic heterocycles. The minimum Gasteiger partial charge on any atom is -0.493 e. The van der Waals surface area contributed by atoms with Crippen molar-refractivity contribution in [3.8, 4) is 17.2 Å². The lowest BCUT2D eigenvalue weighted by Gasteiger charge is -2.12. The highest BCUT2D eigenvalue weighted by Gasteiger charge is 2.12. The monoisotopic (exact) mass is 447 g/mol. The first-order chi connectivity index (χ1) is 15.0. The van der Waals surface area contributed by atoms with E-state index in [0.717, 1.165) is 22.0 Å². The Kier molecular flexibility index (Phi) is 7.88. The van der Waals surface area contributed by atoms with Crippen molar-refractivity contribution < 1.29 is 23.0 Å². The van der Waals surface area contributed by atoms with E-state index < -0.39 is 6.61 Å². The third kappa shape index (κ3) is 6.21. The number of benzene rings is 2. The molecular formula is C22H23F2N3O3S. The fraction of sp³-hybridized carbons (Fsp3) is 0.273. The van der Waals surface area contributed by atoms with Gasteiger partial charge in [0.2, 0.25) is 5.91 Å². The molecule has 1 aromatic heterocycles. The molecule has 164 valence electrons. The van der Waals surface area contributed by atoms with Gasteiger partial charge in [-0.3, -0.25) is 9.36 Å². The summed E-state index contributed by atoms with van der Waals surface area (Å²) in [7, 11) is 1.38. The van der Waals surface area contributed by atoms with Crippen molar-refractivity contribution in [2.24, 2.45) is 0 Å². The standard InChI is InChI=1S/C22H23F2N3O3S/c1-15-5-3-4-6-17(15)27-12-11-26-22(27)31-14-20(28)25-10-9-16-7-8-18(29-2)19(13-16)30-21(23)24/h3-8,11-13,21H,9-10,14H2,1-2H3,(H,25,28). The predicted molar refractivity (Wildman–Crippen MR) is 115 cm³/mol. The molecule has 1 amide bonds. The Morgan fingerprint density at radius 3 is 2.77 bits per heavy atom. The van der Waals surface area contributed by atoms with E-state index in [1.165, 1.54) is 24.9 Å². The molecule has 0 saturated heterocycles. The lowest BCUT2D eigenvalue weighted by Crippen LogP contribution is -2.27. The van der Waals surface area contributed by atoms with E-state index in [2.05, 4.69) is 15.0 Å². The molecule has 0 spiro atoms. The summed E-state index contributed by atoms with van der Waals surface area (Å²) in [5.74, 6) is 0.279. The topological polar surface area (TPSA) is 65.4 Å². The molecule has 0 unspecified atom stereocenters. The van der Waals surface area contributed by atoms with E-state index in [1.54, 1.807) is 18.3 Å². The summed E-state index contributed by atoms with van der Waals surface area (Å²) < 4.78 is 36.5. The van der Waals surface area contributed by atoms with E-state index in [0.29, 0.717) is 13.0 Å². The number of halogens is 2. The third-order valence-corrected chi connectivity index (χ3v) is 5.46. The molecule has 0 saturated carbocycles. The van der Waals surface area contributed by atoms with E-state index >= 15 is 0 Å². The van der Waals surface area contributed by atoms with Gasteiger partial charge in [-0.2, -0.15) is 8.78 Å². The minimum absolute atomic E-state index is 0.0278. The second-order valence-electron chi connectivity index (χ2n) is 6.62. The number of aromatic nitrogens is 2. The van der Waals surface area contributed by atoms with E-state index in [4.69, 9.17) is 4.74 Å². The van der Waals surface area contributed by atoms with Crippen molar-refractivity contribution in [2.75, 3.05) is 19.4 Å². The number of alkyl halides is 2. The molecule has 0 aliphatic carbocycles. The number of nitrogens with one attached hydrogen (secondary N) is 1. The van der Waals surface area contributed by atoms with Crippen LogP contribution in [-0.4, -0.2) is 41.5 Å². The fourth-order valence-corrected chi connectivity index (χ4v) is 3.80. The van der Waals surface area contributed by atoms with Crippen LogP contribution in [0.2, 0.25) is 0 Å². The van der Waals surface area contributed by atoms with Crippen LogP contribution in [0.25, 0.3) is 5.69 Å². The maximum Gasteiger partial charge on any atom is 0.387 e. The molecule has 31 heavy (non-hydrogen) atoms. The van der Waals surface area contributed by atoms with Crippen molar-refractivity contribution in [1.82, 2.24) is 14.9 Å². The summed E-state index contributed by atoms with van der Waals surface area (Å²) in [6.07, 6.45) is 4.04. The zero-order valence-corrected chi connectivity index (χ0v) is 18.0. The lowest BCUT2D eigenvalue weighted by atomic mass is 10.1. The quantitative estimate of drug-likeness (QED) is 0.471. The highest BCUT2D eigenvalue weighted by atomic mass is 32.2. The molecule has 6 nitrogen and oxygen atoms in total. The largest absolute Gasteiger partial charge is 0.493 e. The van der Waals surface area contributed by atoms with Crippen LogP contribution in [0.5, 0.6) is 11.5 Å². The summed E-state index contributed by atoms with van der Waals surface area (Å²) >= 11 is 1.35. The number of carbonyl (C=O) groups is 1. The molecule has 0 radical (unpaired) electrons. The summed E-state index contributed by atoms with van der Waals surface area (Å²) in [6.45, 7) is -0.549. The van der Waals surface area contributed by atoms with Crippen LogP contribution in [0.15, 0.2) is 60.0 Å². The SMILES string of the molecule is COc1ccc(CCNC(=O)CSc2nccn2-c2ccccc2C)cc1OC(F)F. The van der Waals surface area contributed by atoms with Crippen LogP contribution in [-0.2, 0) is 11.2 Å². The molecule has 0 bridgehead atoms. The van der Waals surface area contributed by atoms with Gasteiger partial charge in [-0.25, -0.2) is 4.98 Å². The number of nitrogens with zero attached hydrogens (tertiary/aromatic N) is 2. The van der Waals surface area contributed by atoms with E-state index in [-0.39, 0.29) is 23.2 Å². The van der Waals surface area contributed by atoms with Gasteiger partial charge in [0.05, 0.1) is 18.6 Å². The number of hydrogen-bond acceptors (Lipinski definition) is 5. The number of carbonyl (C=O) groups excluding carboxylic acids is 1. The summed E-state index contributed by atoms with van der Waals surface area (Å²) in [5.41, 5.74) is 2.88. The van der Waals surface area contributed by atoms with E-state index in [1.807, 2.05) is 42.0 Å². The summed E-state index contributed by atoms with van der Waals surface area (Å²) in [5, 5.41) is 3.57. The molecule has 3 aromatic rings. The second kappa shape index (κ2) is 10.8. The van der Waals surface area contributed by atoms with Gasteiger partial charge in [0.15, 0.2) is 16.7 Å². The number of thioether (sulfide) groups is 1. The number of rotatable bonds is 10. The Morgan fingerprint density at radius 1 is 1.23 bits per heavy atom. The number of amides is 1. The van der Waals surface area contributed by atoms with Crippen molar-refractivity contribution >= 4 is 17.7 Å². The van der Waals surface area contributed by atoms with Gasteiger partial charge in [0, 0.05) is 18.9 Å². The molecule has 3 rings (SSSR count). The highest BCUT2D eigenvalue weighted by molar-refractivity contribution is 7.99. The van der Waals surface area contributed by atoms with Gasteiger partial charge in [0.25, 0.3) is 0 Å². The zero-order chi connectivity index (χ0) is 22.2. The first-order valence-corrected chi connectivity index (χ1v) is 10.6. The minimum atomic E-state index is -2.94. The van der Waals surface area contributed by atoms with Crippen molar-refractivity contribution in [2.45, 2.75) is 25.1 Å². The molecular weight excluding hydrogens is 424 g/mol. The Labute approximate surface area is 183 Å². The maximum atomic E-state index is 12.5. The van der Waals surface area contributed by atoms with Gasteiger partial charge in [0.1, 0.15) is 0 Å². The molecule has 1 heterocycles. The zero-order valence-electron chi connectivity index (χ0n) is 17.2. The first-order valence-electron chi connectivity index (χ1n) is 9.58. The van der Waals surface area contributed by atoms with Crippen molar-refractivity contribution in [1.29, 1.82) is 0 Å². The number of ether oxygens (including phenoxy) is 2. The Morgan fingerprint density at radius 2 is 2.03 bits per heavy atom. The molecule has 0 aliphatic rings. The number of imidazole rings is 1. The normalized spacial score (nSPS) is 10.9. The average molecular weight is 448 g/mol. The molecule has 9 heteroatoms. The van der Waals surface area contributed by atoms with Crippen LogP contribution in [0, 0.1) is 6.92 Å². The highest BCUT2D eigenvalue weighted by Crippen LogP contribution is 2.29. The number of methoxy groups -OCH3 is 1. The van der Waals surface area contributed by atoms with Crippen molar-refractivity contribution in [3.05, 3.63) is 66.0 Å². The molecule has 0 fully saturated rings. The Balaban J connectivity index is 1.51. The van der Waals surface area contributed by atoms with Gasteiger partial charge < -0.3 is 14.8 Å². The third-order valence-electron chi connectivity index (χ3n) is 4.49. The Bertz CT molecular complexity index is 1030. The smallest absolute Gasteiger partial charge is 0.387 e. The van der Waals surface area contributed by atoms with Crippen LogP contribution in [0.3, 0.4) is 0 Å². The number of hydrogen-bond donors (Lipinski definition) is 1. The predicted octanol–water partition coefficient (Wildman–Crippen LogP) is 4.24. The number of para-hydroxylation sites is 1. The Hall–Kier alpha value is -3.07. The molecule has 1 N–H and O–H groups in total. The second-order valence-corrected chi connectivity index (χ2v) is 7.56. The number of aryl methyl sites for hydroxylation is 1. The van der Waals surface area contributed by atoms with Crippen LogP contribution < -0.4 is 14.8 Å². The first kappa shape index (κ1) is 22.6. The molecule has 2 aromatic carbocycles. The van der Waals surface area contributed by atoms with Crippen molar-refractivity contribution in [3.63, 3.8) is 0 Å². The van der Waals surface area contributed by atoms with Gasteiger partial charge in [-0.15, -0.1) is 0 Å². The summed E-state index contributed by atoms with van der Waals surface area (Å²) in [4.78, 5) is 16.6. The molecule has 0 atom stereocenters. The van der Waals surface area contributed by atoms with Crippen LogP contribution in [0.1, 0.15) is 11.1 Å².